The van der Waals surface area contributed by atoms with Crippen LogP contribution in [-0.2, 0) is 4.74 Å². The molecule has 1 unspecified atom stereocenters. The lowest BCUT2D eigenvalue weighted by Gasteiger charge is -2.33. The van der Waals surface area contributed by atoms with Crippen molar-refractivity contribution in [1.82, 2.24) is 0 Å². The first kappa shape index (κ1) is 24.7. The molecule has 2 N–H and O–H groups in total. The van der Waals surface area contributed by atoms with E-state index in [1.54, 1.807) is 24.3 Å². The minimum Gasteiger partial charge on any atom is -0.496 e. The predicted molar refractivity (Wildman–Crippen MR) is 131 cm³/mol. The molecule has 0 saturated carbocycles. The number of anilines is 1. The monoisotopic (exact) mass is 464 g/mol. The van der Waals surface area contributed by atoms with Crippen molar-refractivity contribution >= 4 is 28.1 Å². The van der Waals surface area contributed by atoms with Gasteiger partial charge in [0.15, 0.2) is 0 Å². The Balaban J connectivity index is 2.31. The Morgan fingerprint density at radius 3 is 2.32 bits per heavy atom. The number of nitrogens with zero attached hydrogens (tertiary/aromatic N) is 1. The molecule has 1 atom stereocenters. The molecule has 0 spiro atoms. The lowest BCUT2D eigenvalue weighted by Crippen LogP contribution is -2.26. The van der Waals surface area contributed by atoms with Gasteiger partial charge in [0.05, 0.1) is 36.2 Å². The van der Waals surface area contributed by atoms with Gasteiger partial charge in [-0.3, -0.25) is 10.7 Å². The van der Waals surface area contributed by atoms with Crippen LogP contribution in [0.5, 0.6) is 11.5 Å². The van der Waals surface area contributed by atoms with Crippen LogP contribution in [0.3, 0.4) is 0 Å². The molecule has 3 aromatic carbocycles. The third-order valence-electron chi connectivity index (χ3n) is 5.84. The van der Waals surface area contributed by atoms with Crippen LogP contribution >= 0.6 is 0 Å². The van der Waals surface area contributed by atoms with E-state index in [1.165, 1.54) is 26.4 Å². The van der Waals surface area contributed by atoms with Crippen molar-refractivity contribution in [2.75, 3.05) is 19.7 Å². The number of carbonyl (C=O) groups excluding carboxylic acids is 1. The average molecular weight is 465 g/mol. The smallest absolute Gasteiger partial charge is 0.338 e. The molecule has 8 heteroatoms. The van der Waals surface area contributed by atoms with Crippen molar-refractivity contribution in [3.05, 3.63) is 76.7 Å². The molecule has 0 saturated heterocycles. The van der Waals surface area contributed by atoms with Gasteiger partial charge in [-0.1, -0.05) is 37.6 Å². The van der Waals surface area contributed by atoms with Crippen LogP contribution in [0, 0.1) is 17.2 Å². The first-order valence-electron chi connectivity index (χ1n) is 10.6. The third kappa shape index (κ3) is 4.45. The minimum absolute atomic E-state index is 0.0750. The zero-order chi connectivity index (χ0) is 25.0. The van der Waals surface area contributed by atoms with E-state index in [9.17, 15) is 14.9 Å². The summed E-state index contributed by atoms with van der Waals surface area (Å²) in [4.78, 5) is 24.8. The number of esters is 1. The van der Waals surface area contributed by atoms with Crippen molar-refractivity contribution in [2.24, 2.45) is 10.6 Å². The van der Waals surface area contributed by atoms with Crippen molar-refractivity contribution < 1.29 is 24.2 Å². The number of rotatable bonds is 9. The van der Waals surface area contributed by atoms with E-state index in [-0.39, 0.29) is 11.4 Å². The minimum atomic E-state index is -0.864. The molecule has 0 fully saturated rings. The van der Waals surface area contributed by atoms with Crippen LogP contribution in [0.4, 0.5) is 11.4 Å². The molecule has 0 aliphatic heterocycles. The van der Waals surface area contributed by atoms with E-state index >= 15 is 0 Å². The van der Waals surface area contributed by atoms with Gasteiger partial charge in [0, 0.05) is 11.0 Å². The summed E-state index contributed by atoms with van der Waals surface area (Å²) in [5, 5.41) is 13.5. The Labute approximate surface area is 198 Å². The van der Waals surface area contributed by atoms with Gasteiger partial charge in [0.2, 0.25) is 0 Å². The summed E-state index contributed by atoms with van der Waals surface area (Å²) in [6, 6.07) is 11.7. The highest BCUT2D eigenvalue weighted by atomic mass is 16.5. The van der Waals surface area contributed by atoms with Crippen molar-refractivity contribution in [3.8, 4) is 11.5 Å². The van der Waals surface area contributed by atoms with Crippen LogP contribution in [0.25, 0.3) is 10.8 Å². The van der Waals surface area contributed by atoms with Crippen LogP contribution < -0.4 is 15.0 Å². The van der Waals surface area contributed by atoms with Gasteiger partial charge >= 0.3 is 5.97 Å². The Bertz CT molecular complexity index is 1230. The number of fused-ring (bicyclic) bond motifs is 1. The Morgan fingerprint density at radius 2 is 1.79 bits per heavy atom. The second-order valence-corrected chi connectivity index (χ2v) is 8.46. The number of aryl methyl sites for hydroxylation is 1. The largest absolute Gasteiger partial charge is 0.496 e. The summed E-state index contributed by atoms with van der Waals surface area (Å²) in [7, 11) is 2.90. The van der Waals surface area contributed by atoms with E-state index in [4.69, 9.17) is 14.2 Å². The maximum absolute atomic E-state index is 13.1. The molecule has 0 radical (unpaired) electrons. The van der Waals surface area contributed by atoms with E-state index in [2.05, 4.69) is 17.2 Å². The van der Waals surface area contributed by atoms with Gasteiger partial charge in [-0.05, 0) is 42.4 Å². The molecule has 0 aliphatic carbocycles. The summed E-state index contributed by atoms with van der Waals surface area (Å²) in [6.45, 7) is 9.58. The average Bonchev–Trinajstić information content (AvgIpc) is 2.85. The second kappa shape index (κ2) is 9.93. The fourth-order valence-corrected chi connectivity index (χ4v) is 3.83. The van der Waals surface area contributed by atoms with Gasteiger partial charge in [-0.25, -0.2) is 4.79 Å². The molecule has 0 heterocycles. The number of ether oxygens (including phenoxy) is 3. The number of hydrogen-bond acceptors (Lipinski definition) is 8. The lowest BCUT2D eigenvalue weighted by atomic mass is 9.81. The Kier molecular flexibility index (Phi) is 7.22. The maximum atomic E-state index is 13.1. The summed E-state index contributed by atoms with van der Waals surface area (Å²) in [5.74, 6) is 0.0591. The van der Waals surface area contributed by atoms with E-state index in [0.717, 1.165) is 5.56 Å². The second-order valence-electron chi connectivity index (χ2n) is 8.46. The van der Waals surface area contributed by atoms with E-state index < -0.39 is 17.5 Å². The number of nitrogens with one attached hydrogen (secondary N) is 1. The quantitative estimate of drug-likeness (QED) is 0.162. The fraction of sp³-hybridized carbons (Fsp3) is 0.269. The Hall–Kier alpha value is -3.91. The van der Waals surface area contributed by atoms with Crippen molar-refractivity contribution in [1.29, 1.82) is 0 Å². The molecule has 0 amide bonds. The van der Waals surface area contributed by atoms with Crippen molar-refractivity contribution in [3.63, 3.8) is 0 Å². The normalized spacial score (nSPS) is 12.1. The van der Waals surface area contributed by atoms with Crippen LogP contribution in [0.1, 0.15) is 41.4 Å². The van der Waals surface area contributed by atoms with Crippen LogP contribution in [0.15, 0.2) is 60.3 Å². The molecular weight excluding hydrogens is 436 g/mol. The van der Waals surface area contributed by atoms with E-state index in [0.29, 0.717) is 33.3 Å². The molecule has 3 aromatic rings. The van der Waals surface area contributed by atoms with Crippen LogP contribution in [0.2, 0.25) is 0 Å². The first-order valence-corrected chi connectivity index (χ1v) is 10.6. The Morgan fingerprint density at radius 1 is 1.12 bits per heavy atom. The zero-order valence-electron chi connectivity index (χ0n) is 19.8. The topological polar surface area (TPSA) is 106 Å². The number of hydrogen-bond donors (Lipinski definition) is 2. The summed E-state index contributed by atoms with van der Waals surface area (Å²) in [6.07, 6.45) is 0.818. The molecule has 0 aliphatic rings. The highest BCUT2D eigenvalue weighted by molar-refractivity contribution is 6.08. The van der Waals surface area contributed by atoms with Gasteiger partial charge < -0.3 is 14.2 Å². The number of nitroso groups, excluding NO2 is 1. The van der Waals surface area contributed by atoms with Gasteiger partial charge in [-0.15, -0.1) is 11.5 Å². The molecule has 8 nitrogen and oxygen atoms in total. The van der Waals surface area contributed by atoms with Gasteiger partial charge in [-0.2, -0.15) is 0 Å². The summed E-state index contributed by atoms with van der Waals surface area (Å²) in [5.41, 5.74) is 3.60. The molecular formula is C26H28N2O6. The van der Waals surface area contributed by atoms with Crippen molar-refractivity contribution in [2.45, 2.75) is 26.9 Å². The molecule has 3 rings (SSSR count). The van der Waals surface area contributed by atoms with Crippen LogP contribution in [-0.4, -0.2) is 25.4 Å². The summed E-state index contributed by atoms with van der Waals surface area (Å²) < 4.78 is 17.3. The molecule has 34 heavy (non-hydrogen) atoms. The lowest BCUT2D eigenvalue weighted by molar-refractivity contribution is 0.00279. The third-order valence-corrected chi connectivity index (χ3v) is 5.84. The van der Waals surface area contributed by atoms with Gasteiger partial charge in [0.25, 0.3) is 0 Å². The van der Waals surface area contributed by atoms with E-state index in [1.807, 2.05) is 32.9 Å². The van der Waals surface area contributed by atoms with Gasteiger partial charge in [0.1, 0.15) is 23.3 Å². The highest BCUT2D eigenvalue weighted by Gasteiger charge is 2.36. The number of benzene rings is 3. The molecule has 178 valence electrons. The standard InChI is InChI=1S/C26H28N2O6/c1-7-26(3,4)24(34-25(29)16-10-8-15(2)9-11-16)17-14-20(32-5)21-18(27-30)12-13-19(28-31)22(21)23(17)33-6/h7-14,24,27,30H,1H2,2-6H3. The number of carbonyl (C=O) groups is 1. The number of methoxy groups -OCH3 is 2. The molecule has 0 bridgehead atoms. The summed E-state index contributed by atoms with van der Waals surface area (Å²) >= 11 is 0. The fourth-order valence-electron chi connectivity index (χ4n) is 3.83. The SMILES string of the molecule is C=CC(C)(C)C(OC(=O)c1ccc(C)cc1)c1cc(OC)c2c(NO)ccc(N=O)c2c1OC. The zero-order valence-corrected chi connectivity index (χ0v) is 19.8. The maximum Gasteiger partial charge on any atom is 0.338 e. The molecule has 0 aromatic heterocycles. The highest BCUT2D eigenvalue weighted by Crippen LogP contribution is 2.51. The predicted octanol–water partition coefficient (Wildman–Crippen LogP) is 6.47. The first-order chi connectivity index (χ1) is 16.2.